The Labute approximate surface area is 118 Å². The fourth-order valence-corrected chi connectivity index (χ4v) is 3.76. The van der Waals surface area contributed by atoms with E-state index >= 15 is 0 Å². The first-order valence-corrected chi connectivity index (χ1v) is 8.09. The van der Waals surface area contributed by atoms with Gasteiger partial charge in [0.2, 0.25) is 0 Å². The number of hydrogen-bond donors (Lipinski definition) is 1. The maximum absolute atomic E-state index is 4.45. The third kappa shape index (κ3) is 3.61. The minimum Gasteiger partial charge on any atom is -0.303 e. The average molecular weight is 331 g/mol. The van der Waals surface area contributed by atoms with Gasteiger partial charge in [-0.05, 0) is 35.3 Å². The fraction of sp³-hybridized carbons (Fsp3) is 0.417. The van der Waals surface area contributed by atoms with Crippen molar-refractivity contribution in [3.05, 3.63) is 36.9 Å². The molecule has 2 heterocycles. The van der Waals surface area contributed by atoms with Crippen LogP contribution < -0.4 is 5.32 Å². The molecule has 0 aliphatic heterocycles. The van der Waals surface area contributed by atoms with Gasteiger partial charge in [-0.15, -0.1) is 22.7 Å². The van der Waals surface area contributed by atoms with Crippen molar-refractivity contribution in [3.63, 3.8) is 0 Å². The summed E-state index contributed by atoms with van der Waals surface area (Å²) in [4.78, 5) is 7.15. The normalized spacial score (nSPS) is 12.9. The van der Waals surface area contributed by atoms with Gasteiger partial charge in [0, 0.05) is 32.3 Å². The van der Waals surface area contributed by atoms with Crippen LogP contribution in [0, 0.1) is 0 Å². The summed E-state index contributed by atoms with van der Waals surface area (Å²) in [6.45, 7) is 5.23. The number of rotatable bonds is 5. The topological polar surface area (TPSA) is 24.9 Å². The van der Waals surface area contributed by atoms with E-state index < -0.39 is 0 Å². The highest BCUT2D eigenvalue weighted by Crippen LogP contribution is 2.23. The molecule has 1 unspecified atom stereocenters. The summed E-state index contributed by atoms with van der Waals surface area (Å²) in [5, 5.41) is 6.79. The van der Waals surface area contributed by atoms with E-state index in [0.717, 1.165) is 17.4 Å². The van der Waals surface area contributed by atoms with E-state index in [9.17, 15) is 0 Å². The van der Waals surface area contributed by atoms with Gasteiger partial charge in [0.15, 0.2) is 0 Å². The SMILES string of the molecule is CCc1cnc(C(C)NCc2cc(Br)cs2)s1. The second-order valence-electron chi connectivity index (χ2n) is 3.85. The fourth-order valence-electron chi connectivity index (χ4n) is 1.47. The van der Waals surface area contributed by atoms with Crippen LogP contribution in [0.1, 0.15) is 34.7 Å². The lowest BCUT2D eigenvalue weighted by molar-refractivity contribution is 0.576. The maximum Gasteiger partial charge on any atom is 0.109 e. The van der Waals surface area contributed by atoms with Crippen molar-refractivity contribution in [2.45, 2.75) is 32.9 Å². The second kappa shape index (κ2) is 6.09. The highest BCUT2D eigenvalue weighted by molar-refractivity contribution is 9.10. The van der Waals surface area contributed by atoms with Crippen LogP contribution in [0.2, 0.25) is 0 Å². The first-order chi connectivity index (χ1) is 8.19. The number of nitrogens with zero attached hydrogens (tertiary/aromatic N) is 1. The molecule has 0 saturated heterocycles. The lowest BCUT2D eigenvalue weighted by Crippen LogP contribution is -2.17. The molecule has 0 bridgehead atoms. The number of thiazole rings is 1. The summed E-state index contributed by atoms with van der Waals surface area (Å²) < 4.78 is 1.16. The largest absolute Gasteiger partial charge is 0.303 e. The molecule has 2 nitrogen and oxygen atoms in total. The third-order valence-electron chi connectivity index (χ3n) is 2.49. The summed E-state index contributed by atoms with van der Waals surface area (Å²) >= 11 is 7.04. The summed E-state index contributed by atoms with van der Waals surface area (Å²) in [7, 11) is 0. The van der Waals surface area contributed by atoms with E-state index in [0.29, 0.717) is 6.04 Å². The van der Waals surface area contributed by atoms with Crippen LogP contribution in [-0.4, -0.2) is 4.98 Å². The Balaban J connectivity index is 1.90. The molecule has 1 N–H and O–H groups in total. The molecule has 1 atom stereocenters. The van der Waals surface area contributed by atoms with Gasteiger partial charge in [-0.25, -0.2) is 4.98 Å². The molecule has 0 aliphatic rings. The van der Waals surface area contributed by atoms with E-state index in [1.807, 2.05) is 6.20 Å². The molecule has 17 heavy (non-hydrogen) atoms. The third-order valence-corrected chi connectivity index (χ3v) is 5.52. The van der Waals surface area contributed by atoms with Crippen molar-refractivity contribution >= 4 is 38.6 Å². The molecule has 0 radical (unpaired) electrons. The van der Waals surface area contributed by atoms with Crippen molar-refractivity contribution in [2.24, 2.45) is 0 Å². The van der Waals surface area contributed by atoms with Gasteiger partial charge >= 0.3 is 0 Å². The number of aromatic nitrogens is 1. The van der Waals surface area contributed by atoms with Gasteiger partial charge < -0.3 is 5.32 Å². The predicted molar refractivity (Wildman–Crippen MR) is 78.8 cm³/mol. The zero-order valence-electron chi connectivity index (χ0n) is 9.87. The Hall–Kier alpha value is -0.230. The summed E-state index contributed by atoms with van der Waals surface area (Å²) in [5.41, 5.74) is 0. The monoisotopic (exact) mass is 330 g/mol. The van der Waals surface area contributed by atoms with Crippen molar-refractivity contribution in [1.82, 2.24) is 10.3 Å². The number of halogens is 1. The molecule has 92 valence electrons. The van der Waals surface area contributed by atoms with Crippen molar-refractivity contribution in [2.75, 3.05) is 0 Å². The molecule has 2 rings (SSSR count). The molecule has 0 amide bonds. The molecule has 0 fully saturated rings. The van der Waals surface area contributed by atoms with Crippen LogP contribution in [0.4, 0.5) is 0 Å². The van der Waals surface area contributed by atoms with Crippen LogP contribution >= 0.6 is 38.6 Å². The maximum atomic E-state index is 4.45. The predicted octanol–water partition coefficient (Wildman–Crippen LogP) is 4.38. The minimum atomic E-state index is 0.321. The Kier molecular flexibility index (Phi) is 4.73. The summed E-state index contributed by atoms with van der Waals surface area (Å²) in [5.74, 6) is 0. The Morgan fingerprint density at radius 2 is 2.29 bits per heavy atom. The number of aryl methyl sites for hydroxylation is 1. The molecule has 0 saturated carbocycles. The van der Waals surface area contributed by atoms with Crippen molar-refractivity contribution in [1.29, 1.82) is 0 Å². The first kappa shape index (κ1) is 13.2. The van der Waals surface area contributed by atoms with Gasteiger partial charge in [-0.2, -0.15) is 0 Å². The molecule has 2 aromatic rings. The van der Waals surface area contributed by atoms with Gasteiger partial charge in [0.25, 0.3) is 0 Å². The number of thiophene rings is 1. The lowest BCUT2D eigenvalue weighted by atomic mass is 10.3. The van der Waals surface area contributed by atoms with Gasteiger partial charge in [0.1, 0.15) is 5.01 Å². The molecular weight excluding hydrogens is 316 g/mol. The molecule has 2 aromatic heterocycles. The van der Waals surface area contributed by atoms with E-state index in [2.05, 4.69) is 51.5 Å². The second-order valence-corrected chi connectivity index (χ2v) is 6.91. The van der Waals surface area contributed by atoms with Crippen LogP contribution in [0.15, 0.2) is 22.1 Å². The zero-order valence-corrected chi connectivity index (χ0v) is 13.1. The Bertz CT molecular complexity index is 478. The zero-order chi connectivity index (χ0) is 12.3. The van der Waals surface area contributed by atoms with Crippen molar-refractivity contribution < 1.29 is 0 Å². The lowest BCUT2D eigenvalue weighted by Gasteiger charge is -2.09. The van der Waals surface area contributed by atoms with Crippen LogP contribution in [-0.2, 0) is 13.0 Å². The Morgan fingerprint density at radius 1 is 1.47 bits per heavy atom. The number of hydrogen-bond acceptors (Lipinski definition) is 4. The van der Waals surface area contributed by atoms with E-state index in [1.54, 1.807) is 22.7 Å². The highest BCUT2D eigenvalue weighted by Gasteiger charge is 2.09. The molecular formula is C12H15BrN2S2. The van der Waals surface area contributed by atoms with Gasteiger partial charge in [-0.3, -0.25) is 0 Å². The average Bonchev–Trinajstić information content (AvgIpc) is 2.94. The standard InChI is InChI=1S/C12H15BrN2S2/c1-3-10-5-15-12(17-10)8(2)14-6-11-4-9(13)7-16-11/h4-5,7-8,14H,3,6H2,1-2H3. The summed E-state index contributed by atoms with van der Waals surface area (Å²) in [6.07, 6.45) is 3.06. The quantitative estimate of drug-likeness (QED) is 0.879. The van der Waals surface area contributed by atoms with Crippen LogP contribution in [0.25, 0.3) is 0 Å². The van der Waals surface area contributed by atoms with Crippen molar-refractivity contribution in [3.8, 4) is 0 Å². The molecule has 0 aromatic carbocycles. The molecule has 0 spiro atoms. The summed E-state index contributed by atoms with van der Waals surface area (Å²) in [6, 6.07) is 2.48. The van der Waals surface area contributed by atoms with Crippen LogP contribution in [0.3, 0.4) is 0 Å². The minimum absolute atomic E-state index is 0.321. The van der Waals surface area contributed by atoms with E-state index in [1.165, 1.54) is 14.8 Å². The van der Waals surface area contributed by atoms with Gasteiger partial charge in [0.05, 0.1) is 6.04 Å². The van der Waals surface area contributed by atoms with E-state index in [-0.39, 0.29) is 0 Å². The molecule has 0 aliphatic carbocycles. The van der Waals surface area contributed by atoms with Gasteiger partial charge in [-0.1, -0.05) is 6.92 Å². The Morgan fingerprint density at radius 3 is 2.88 bits per heavy atom. The van der Waals surface area contributed by atoms with E-state index in [4.69, 9.17) is 0 Å². The van der Waals surface area contributed by atoms with Crippen LogP contribution in [0.5, 0.6) is 0 Å². The highest BCUT2D eigenvalue weighted by atomic mass is 79.9. The smallest absolute Gasteiger partial charge is 0.109 e. The molecule has 5 heteroatoms. The number of nitrogens with one attached hydrogen (secondary N) is 1. The first-order valence-electron chi connectivity index (χ1n) is 5.60.